The highest BCUT2D eigenvalue weighted by atomic mass is 32.2. The molecule has 4 nitrogen and oxygen atoms in total. The lowest BCUT2D eigenvalue weighted by molar-refractivity contribution is 0.342. The monoisotopic (exact) mass is 333 g/mol. The molecule has 124 valence electrons. The third-order valence-electron chi connectivity index (χ3n) is 3.49. The minimum Gasteiger partial charge on any atom is -0.493 e. The molecular formula is C18H23NO3S. The van der Waals surface area contributed by atoms with Crippen LogP contribution in [0.5, 0.6) is 11.5 Å². The van der Waals surface area contributed by atoms with Crippen LogP contribution in [0.25, 0.3) is 0 Å². The lowest BCUT2D eigenvalue weighted by Gasteiger charge is -2.19. The molecule has 0 spiro atoms. The van der Waals surface area contributed by atoms with Gasteiger partial charge in [0, 0.05) is 11.4 Å². The van der Waals surface area contributed by atoms with Crippen LogP contribution in [0.15, 0.2) is 46.2 Å². The van der Waals surface area contributed by atoms with Gasteiger partial charge in [-0.15, -0.1) is 0 Å². The standard InChI is InChI=1S/C18H23NO3S/c1-13-6-9-15(10-7-13)23(20)18-14(12-19(2)3)8-11-16(21-4)17(18)22-5/h6-11H,12H2,1-5H3/t23-/m0/s1. The molecule has 2 rings (SSSR count). The molecule has 0 radical (unpaired) electrons. The fourth-order valence-corrected chi connectivity index (χ4v) is 3.73. The summed E-state index contributed by atoms with van der Waals surface area (Å²) in [6.07, 6.45) is 0. The molecule has 0 aromatic heterocycles. The second-order valence-corrected chi connectivity index (χ2v) is 7.03. The van der Waals surface area contributed by atoms with E-state index in [0.717, 1.165) is 16.0 Å². The maximum absolute atomic E-state index is 13.2. The molecule has 0 saturated carbocycles. The molecule has 0 aliphatic rings. The lowest BCUT2D eigenvalue weighted by atomic mass is 10.2. The van der Waals surface area contributed by atoms with Crippen LogP contribution in [-0.2, 0) is 17.3 Å². The van der Waals surface area contributed by atoms with E-state index >= 15 is 0 Å². The lowest BCUT2D eigenvalue weighted by Crippen LogP contribution is -2.14. The Labute approximate surface area is 140 Å². The highest BCUT2D eigenvalue weighted by Crippen LogP contribution is 2.38. The minimum atomic E-state index is -1.34. The number of hydrogen-bond donors (Lipinski definition) is 0. The Morgan fingerprint density at radius 1 is 1.00 bits per heavy atom. The summed E-state index contributed by atoms with van der Waals surface area (Å²) in [5, 5.41) is 0. The minimum absolute atomic E-state index is 0.533. The van der Waals surface area contributed by atoms with Crippen molar-refractivity contribution in [2.45, 2.75) is 23.3 Å². The summed E-state index contributed by atoms with van der Waals surface area (Å²) in [7, 11) is 5.79. The molecule has 0 N–H and O–H groups in total. The molecule has 23 heavy (non-hydrogen) atoms. The Morgan fingerprint density at radius 2 is 1.65 bits per heavy atom. The second-order valence-electron chi connectivity index (χ2n) is 5.61. The van der Waals surface area contributed by atoms with E-state index in [9.17, 15) is 4.21 Å². The molecule has 0 heterocycles. The summed E-state index contributed by atoms with van der Waals surface area (Å²) in [5.74, 6) is 1.12. The van der Waals surface area contributed by atoms with Crippen molar-refractivity contribution in [2.75, 3.05) is 28.3 Å². The van der Waals surface area contributed by atoms with Crippen LogP contribution in [0.1, 0.15) is 11.1 Å². The number of nitrogens with zero attached hydrogens (tertiary/aromatic N) is 1. The van der Waals surface area contributed by atoms with Gasteiger partial charge in [-0.3, -0.25) is 0 Å². The van der Waals surface area contributed by atoms with Gasteiger partial charge in [-0.25, -0.2) is 4.21 Å². The quantitative estimate of drug-likeness (QED) is 0.813. The van der Waals surface area contributed by atoms with Crippen LogP contribution in [0.4, 0.5) is 0 Å². The van der Waals surface area contributed by atoms with Crippen LogP contribution < -0.4 is 9.47 Å². The zero-order chi connectivity index (χ0) is 17.0. The average Bonchev–Trinajstić information content (AvgIpc) is 2.53. The van der Waals surface area contributed by atoms with Crippen molar-refractivity contribution in [3.63, 3.8) is 0 Å². The van der Waals surface area contributed by atoms with Crippen LogP contribution in [0.2, 0.25) is 0 Å². The molecule has 2 aromatic carbocycles. The average molecular weight is 333 g/mol. The van der Waals surface area contributed by atoms with Gasteiger partial charge < -0.3 is 14.4 Å². The summed E-state index contributed by atoms with van der Waals surface area (Å²) in [6.45, 7) is 2.68. The molecule has 0 aliphatic heterocycles. The molecule has 1 atom stereocenters. The van der Waals surface area contributed by atoms with Crippen molar-refractivity contribution in [1.29, 1.82) is 0 Å². The van der Waals surface area contributed by atoms with E-state index in [4.69, 9.17) is 9.47 Å². The van der Waals surface area contributed by atoms with Gasteiger partial charge >= 0.3 is 0 Å². The number of hydrogen-bond acceptors (Lipinski definition) is 4. The third kappa shape index (κ3) is 3.92. The van der Waals surface area contributed by atoms with E-state index in [1.165, 1.54) is 0 Å². The molecule has 0 fully saturated rings. The molecule has 0 unspecified atom stereocenters. The molecular weight excluding hydrogens is 310 g/mol. The number of rotatable bonds is 6. The first-order valence-corrected chi connectivity index (χ1v) is 8.50. The molecule has 0 saturated heterocycles. The van der Waals surface area contributed by atoms with Crippen molar-refractivity contribution in [1.82, 2.24) is 4.90 Å². The van der Waals surface area contributed by atoms with Gasteiger partial charge in [-0.2, -0.15) is 0 Å². The fourth-order valence-electron chi connectivity index (χ4n) is 2.39. The van der Waals surface area contributed by atoms with Gasteiger partial charge in [-0.05, 0) is 44.8 Å². The first-order chi connectivity index (χ1) is 11.0. The van der Waals surface area contributed by atoms with E-state index in [-0.39, 0.29) is 0 Å². The van der Waals surface area contributed by atoms with Crippen molar-refractivity contribution >= 4 is 10.8 Å². The molecule has 0 bridgehead atoms. The predicted octanol–water partition coefficient (Wildman–Crippen LogP) is 3.24. The SMILES string of the molecule is COc1ccc(CN(C)C)c([S@@](=O)c2ccc(C)cc2)c1OC. The van der Waals surface area contributed by atoms with E-state index in [0.29, 0.717) is 22.9 Å². The smallest absolute Gasteiger partial charge is 0.177 e. The Morgan fingerprint density at radius 3 is 2.17 bits per heavy atom. The molecule has 0 aliphatic carbocycles. The first kappa shape index (κ1) is 17.5. The van der Waals surface area contributed by atoms with Gasteiger partial charge in [0.05, 0.1) is 29.9 Å². The van der Waals surface area contributed by atoms with Gasteiger partial charge in [-0.1, -0.05) is 23.8 Å². The van der Waals surface area contributed by atoms with Crippen LogP contribution >= 0.6 is 0 Å². The highest BCUT2D eigenvalue weighted by Gasteiger charge is 2.21. The van der Waals surface area contributed by atoms with Crippen LogP contribution in [0.3, 0.4) is 0 Å². The van der Waals surface area contributed by atoms with Crippen molar-refractivity contribution in [3.05, 3.63) is 47.5 Å². The molecule has 0 amide bonds. The maximum Gasteiger partial charge on any atom is 0.177 e. The Hall–Kier alpha value is -1.85. The number of benzene rings is 2. The zero-order valence-electron chi connectivity index (χ0n) is 14.3. The first-order valence-electron chi connectivity index (χ1n) is 7.35. The summed E-state index contributed by atoms with van der Waals surface area (Å²) in [5.41, 5.74) is 2.10. The Kier molecular flexibility index (Phi) is 5.80. The van der Waals surface area contributed by atoms with Crippen molar-refractivity contribution in [2.24, 2.45) is 0 Å². The van der Waals surface area contributed by atoms with Gasteiger partial charge in [0.1, 0.15) is 0 Å². The fraction of sp³-hybridized carbons (Fsp3) is 0.333. The highest BCUT2D eigenvalue weighted by molar-refractivity contribution is 7.85. The Bertz CT molecular complexity index is 696. The molecule has 2 aromatic rings. The van der Waals surface area contributed by atoms with Crippen molar-refractivity contribution in [3.8, 4) is 11.5 Å². The Balaban J connectivity index is 2.60. The van der Waals surface area contributed by atoms with Crippen LogP contribution in [-0.4, -0.2) is 37.4 Å². The normalized spacial score (nSPS) is 12.3. The van der Waals surface area contributed by atoms with Gasteiger partial charge in [0.25, 0.3) is 0 Å². The van der Waals surface area contributed by atoms with E-state index < -0.39 is 10.8 Å². The van der Waals surface area contributed by atoms with E-state index in [1.54, 1.807) is 14.2 Å². The number of methoxy groups -OCH3 is 2. The largest absolute Gasteiger partial charge is 0.493 e. The van der Waals surface area contributed by atoms with Crippen LogP contribution in [0, 0.1) is 6.92 Å². The van der Waals surface area contributed by atoms with Gasteiger partial charge in [0.2, 0.25) is 0 Å². The van der Waals surface area contributed by atoms with Gasteiger partial charge in [0.15, 0.2) is 11.5 Å². The predicted molar refractivity (Wildman–Crippen MR) is 92.8 cm³/mol. The summed E-state index contributed by atoms with van der Waals surface area (Å²) in [6, 6.07) is 11.5. The number of ether oxygens (including phenoxy) is 2. The topological polar surface area (TPSA) is 38.8 Å². The number of aryl methyl sites for hydroxylation is 1. The maximum atomic E-state index is 13.2. The second kappa shape index (κ2) is 7.62. The van der Waals surface area contributed by atoms with E-state index in [2.05, 4.69) is 0 Å². The third-order valence-corrected chi connectivity index (χ3v) is 5.01. The zero-order valence-corrected chi connectivity index (χ0v) is 15.1. The summed E-state index contributed by atoms with van der Waals surface area (Å²) < 4.78 is 24.1. The summed E-state index contributed by atoms with van der Waals surface area (Å²) >= 11 is 0. The van der Waals surface area contributed by atoms with E-state index in [1.807, 2.05) is 62.3 Å². The van der Waals surface area contributed by atoms with Crippen molar-refractivity contribution < 1.29 is 13.7 Å². The summed E-state index contributed by atoms with van der Waals surface area (Å²) in [4.78, 5) is 3.46. The molecule has 5 heteroatoms.